The number of aromatic amines is 1. The molecule has 2 heterocycles. The molecule has 0 atom stereocenters. The molecule has 1 N–H and O–H groups in total. The number of aryl methyl sites for hydroxylation is 1. The van der Waals surface area contributed by atoms with Crippen LogP contribution in [0.15, 0.2) is 46.0 Å². The largest absolute Gasteiger partial charge is 0.349 e. The molecular weight excluding hydrogens is 266 g/mol. The van der Waals surface area contributed by atoms with Crippen LogP contribution in [0.2, 0.25) is 0 Å². The molecule has 21 heavy (non-hydrogen) atoms. The van der Waals surface area contributed by atoms with Crippen molar-refractivity contribution in [1.82, 2.24) is 14.1 Å². The predicted octanol–water partition coefficient (Wildman–Crippen LogP) is 1.74. The fraction of sp³-hybridized carbons (Fsp3) is 0.125. The van der Waals surface area contributed by atoms with E-state index in [1.54, 1.807) is 13.1 Å². The van der Waals surface area contributed by atoms with Crippen LogP contribution in [0.4, 0.5) is 0 Å². The standard InChI is InChI=1S/C16H15N3O2/c1-18-13-10-12(9-8-11-6-4-3-5-7-11)17-14(13)15(20)19(2)16(18)21/h3-10,17H,1-2H3/b9-8+. The summed E-state index contributed by atoms with van der Waals surface area (Å²) in [4.78, 5) is 27.0. The average Bonchev–Trinajstić information content (AvgIpc) is 2.94. The molecule has 0 saturated carbocycles. The van der Waals surface area contributed by atoms with Crippen LogP contribution in [-0.2, 0) is 14.1 Å². The minimum atomic E-state index is -0.329. The van der Waals surface area contributed by atoms with E-state index < -0.39 is 0 Å². The van der Waals surface area contributed by atoms with Crippen LogP contribution < -0.4 is 11.2 Å². The number of nitrogens with zero attached hydrogens (tertiary/aromatic N) is 2. The summed E-state index contributed by atoms with van der Waals surface area (Å²) in [5.41, 5.74) is 2.26. The molecule has 0 unspecified atom stereocenters. The predicted molar refractivity (Wildman–Crippen MR) is 84.2 cm³/mol. The zero-order valence-electron chi connectivity index (χ0n) is 11.8. The van der Waals surface area contributed by atoms with Crippen molar-refractivity contribution in [1.29, 1.82) is 0 Å². The lowest BCUT2D eigenvalue weighted by atomic mass is 10.2. The first-order chi connectivity index (χ1) is 10.1. The second kappa shape index (κ2) is 4.94. The molecule has 0 aliphatic heterocycles. The average molecular weight is 281 g/mol. The van der Waals surface area contributed by atoms with E-state index in [-0.39, 0.29) is 11.2 Å². The first-order valence-corrected chi connectivity index (χ1v) is 6.60. The van der Waals surface area contributed by atoms with Gasteiger partial charge in [-0.3, -0.25) is 13.9 Å². The van der Waals surface area contributed by atoms with E-state index in [0.29, 0.717) is 11.0 Å². The number of hydrogen-bond acceptors (Lipinski definition) is 2. The second-order valence-electron chi connectivity index (χ2n) is 4.93. The number of nitrogens with one attached hydrogen (secondary N) is 1. The number of H-pyrrole nitrogens is 1. The molecule has 5 heteroatoms. The number of hydrogen-bond donors (Lipinski definition) is 1. The highest BCUT2D eigenvalue weighted by Crippen LogP contribution is 2.12. The Kier molecular flexibility index (Phi) is 3.10. The van der Waals surface area contributed by atoms with Gasteiger partial charge >= 0.3 is 5.69 Å². The Balaban J connectivity index is 2.13. The topological polar surface area (TPSA) is 59.8 Å². The summed E-state index contributed by atoms with van der Waals surface area (Å²) in [5, 5.41) is 0. The Morgan fingerprint density at radius 3 is 2.43 bits per heavy atom. The lowest BCUT2D eigenvalue weighted by Gasteiger charge is -2.02. The monoisotopic (exact) mass is 281 g/mol. The van der Waals surface area contributed by atoms with E-state index in [1.165, 1.54) is 11.6 Å². The van der Waals surface area contributed by atoms with Gasteiger partial charge in [-0.2, -0.15) is 0 Å². The van der Waals surface area contributed by atoms with Crippen molar-refractivity contribution in [2.75, 3.05) is 0 Å². The number of benzene rings is 1. The highest BCUT2D eigenvalue weighted by atomic mass is 16.2. The van der Waals surface area contributed by atoms with Crippen LogP contribution in [0.5, 0.6) is 0 Å². The summed E-state index contributed by atoms with van der Waals surface area (Å²) >= 11 is 0. The highest BCUT2D eigenvalue weighted by molar-refractivity contribution is 5.81. The maximum Gasteiger partial charge on any atom is 0.331 e. The molecule has 3 aromatic rings. The maximum absolute atomic E-state index is 12.1. The summed E-state index contributed by atoms with van der Waals surface area (Å²) in [6.45, 7) is 0. The summed E-state index contributed by atoms with van der Waals surface area (Å²) in [5.74, 6) is 0. The fourth-order valence-corrected chi connectivity index (χ4v) is 2.31. The Morgan fingerprint density at radius 1 is 1.00 bits per heavy atom. The van der Waals surface area contributed by atoms with Crippen LogP contribution in [0.3, 0.4) is 0 Å². The van der Waals surface area contributed by atoms with Gasteiger partial charge in [-0.1, -0.05) is 36.4 Å². The Bertz CT molecular complexity index is 943. The molecule has 0 aliphatic rings. The molecule has 0 radical (unpaired) electrons. The zero-order valence-corrected chi connectivity index (χ0v) is 11.8. The van der Waals surface area contributed by atoms with E-state index in [0.717, 1.165) is 15.8 Å². The molecule has 106 valence electrons. The number of rotatable bonds is 2. The number of aromatic nitrogens is 3. The third-order valence-corrected chi connectivity index (χ3v) is 3.53. The molecule has 0 aliphatic carbocycles. The van der Waals surface area contributed by atoms with Crippen LogP contribution in [0.1, 0.15) is 11.3 Å². The minimum absolute atomic E-state index is 0.313. The summed E-state index contributed by atoms with van der Waals surface area (Å²) < 4.78 is 2.57. The van der Waals surface area contributed by atoms with Crippen molar-refractivity contribution >= 4 is 23.2 Å². The van der Waals surface area contributed by atoms with Gasteiger partial charge in [0, 0.05) is 19.8 Å². The van der Waals surface area contributed by atoms with Crippen LogP contribution in [0, 0.1) is 0 Å². The third-order valence-electron chi connectivity index (χ3n) is 3.53. The van der Waals surface area contributed by atoms with Gasteiger partial charge in [0.15, 0.2) is 0 Å². The molecule has 0 bridgehead atoms. The summed E-state index contributed by atoms with van der Waals surface area (Å²) in [6, 6.07) is 11.7. The fourth-order valence-electron chi connectivity index (χ4n) is 2.31. The maximum atomic E-state index is 12.1. The molecule has 5 nitrogen and oxygen atoms in total. The number of fused-ring (bicyclic) bond motifs is 1. The molecule has 0 saturated heterocycles. The molecular formula is C16H15N3O2. The van der Waals surface area contributed by atoms with Crippen molar-refractivity contribution in [3.05, 3.63) is 68.5 Å². The van der Waals surface area contributed by atoms with Crippen molar-refractivity contribution in [3.8, 4) is 0 Å². The zero-order chi connectivity index (χ0) is 15.0. The smallest absolute Gasteiger partial charge is 0.331 e. The lowest BCUT2D eigenvalue weighted by molar-refractivity contribution is 0.713. The van der Waals surface area contributed by atoms with E-state index in [4.69, 9.17) is 0 Å². The molecule has 0 amide bonds. The van der Waals surface area contributed by atoms with E-state index in [9.17, 15) is 9.59 Å². The Hall–Kier alpha value is -2.82. The van der Waals surface area contributed by atoms with Gasteiger partial charge in [0.05, 0.1) is 5.52 Å². The lowest BCUT2D eigenvalue weighted by Crippen LogP contribution is -2.36. The highest BCUT2D eigenvalue weighted by Gasteiger charge is 2.10. The van der Waals surface area contributed by atoms with E-state index in [2.05, 4.69) is 4.98 Å². The van der Waals surface area contributed by atoms with Gasteiger partial charge < -0.3 is 4.98 Å². The van der Waals surface area contributed by atoms with Gasteiger partial charge in [-0.15, -0.1) is 0 Å². The van der Waals surface area contributed by atoms with Gasteiger partial charge in [-0.25, -0.2) is 4.79 Å². The van der Waals surface area contributed by atoms with Gasteiger partial charge in [0.25, 0.3) is 5.56 Å². The molecule has 1 aromatic carbocycles. The summed E-state index contributed by atoms with van der Waals surface area (Å²) in [7, 11) is 3.13. The quantitative estimate of drug-likeness (QED) is 0.777. The molecule has 0 fully saturated rings. The first kappa shape index (κ1) is 13.2. The van der Waals surface area contributed by atoms with Crippen molar-refractivity contribution in [2.24, 2.45) is 14.1 Å². The SMILES string of the molecule is Cn1c(=O)c2[nH]c(/C=C/c3ccccc3)cc2n(C)c1=O. The second-order valence-corrected chi connectivity index (χ2v) is 4.93. The first-order valence-electron chi connectivity index (χ1n) is 6.60. The minimum Gasteiger partial charge on any atom is -0.349 e. The summed E-state index contributed by atoms with van der Waals surface area (Å²) in [6.07, 6.45) is 3.84. The Morgan fingerprint density at radius 2 is 1.71 bits per heavy atom. The Labute approximate surface area is 120 Å². The van der Waals surface area contributed by atoms with Gasteiger partial charge in [0.2, 0.25) is 0 Å². The van der Waals surface area contributed by atoms with E-state index >= 15 is 0 Å². The van der Waals surface area contributed by atoms with Gasteiger partial charge in [0.1, 0.15) is 5.52 Å². The molecule has 2 aromatic heterocycles. The van der Waals surface area contributed by atoms with Crippen molar-refractivity contribution in [3.63, 3.8) is 0 Å². The third kappa shape index (κ3) is 2.23. The van der Waals surface area contributed by atoms with Crippen LogP contribution in [0.25, 0.3) is 23.2 Å². The van der Waals surface area contributed by atoms with E-state index in [1.807, 2.05) is 42.5 Å². The molecule has 0 spiro atoms. The van der Waals surface area contributed by atoms with Crippen molar-refractivity contribution in [2.45, 2.75) is 0 Å². The van der Waals surface area contributed by atoms with Gasteiger partial charge in [-0.05, 0) is 17.7 Å². The molecule has 3 rings (SSSR count). The van der Waals surface area contributed by atoms with Crippen molar-refractivity contribution < 1.29 is 0 Å². The normalized spacial score (nSPS) is 11.5. The van der Waals surface area contributed by atoms with Crippen LogP contribution in [-0.4, -0.2) is 14.1 Å². The van der Waals surface area contributed by atoms with Crippen LogP contribution >= 0.6 is 0 Å².